The van der Waals surface area contributed by atoms with Crippen LogP contribution in [0.5, 0.6) is 0 Å². The number of ether oxygens (including phenoxy) is 2. The van der Waals surface area contributed by atoms with Gasteiger partial charge in [-0.3, -0.25) is 4.79 Å². The van der Waals surface area contributed by atoms with Crippen LogP contribution in [0.3, 0.4) is 0 Å². The molecule has 1 aliphatic carbocycles. The lowest BCUT2D eigenvalue weighted by Gasteiger charge is -2.40. The summed E-state index contributed by atoms with van der Waals surface area (Å²) in [6, 6.07) is 10.4. The van der Waals surface area contributed by atoms with Gasteiger partial charge in [-0.15, -0.1) is 0 Å². The zero-order valence-electron chi connectivity index (χ0n) is 19.8. The molecule has 1 saturated heterocycles. The minimum Gasteiger partial charge on any atom is -0.381 e. The Kier molecular flexibility index (Phi) is 6.01. The number of benzene rings is 1. The predicted octanol–water partition coefficient (Wildman–Crippen LogP) is 4.49. The smallest absolute Gasteiger partial charge is 0.230 e. The number of carbonyl (C=O) groups is 1. The lowest BCUT2D eigenvalue weighted by atomic mass is 9.86. The fourth-order valence-corrected chi connectivity index (χ4v) is 5.31. The fourth-order valence-electron chi connectivity index (χ4n) is 5.31. The van der Waals surface area contributed by atoms with Crippen molar-refractivity contribution in [2.45, 2.75) is 57.8 Å². The van der Waals surface area contributed by atoms with Gasteiger partial charge in [0.1, 0.15) is 5.82 Å². The standard InChI is InChI=1S/C26H34N4O3/c1-26(2)17-29(13-14-33-26)20-8-11-22-23(15-20)30(16-19-5-4-12-27-24(19)28-22)25(31)18-6-9-21(32-3)10-7-18/h4-5,8,11-12,15,18,21H,6-7,9-10,13-14,16-17H2,1-3H3,(H,27,28). The monoisotopic (exact) mass is 450 g/mol. The molecule has 3 heterocycles. The molecule has 0 unspecified atom stereocenters. The number of rotatable bonds is 3. The second-order valence-corrected chi connectivity index (χ2v) is 10.0. The highest BCUT2D eigenvalue weighted by Crippen LogP contribution is 2.40. The third-order valence-electron chi connectivity index (χ3n) is 7.16. The second-order valence-electron chi connectivity index (χ2n) is 10.0. The number of hydrogen-bond donors (Lipinski definition) is 1. The van der Waals surface area contributed by atoms with Crippen molar-refractivity contribution < 1.29 is 14.3 Å². The van der Waals surface area contributed by atoms with Crippen LogP contribution in [0, 0.1) is 5.92 Å². The van der Waals surface area contributed by atoms with Crippen molar-refractivity contribution in [2.75, 3.05) is 41.9 Å². The van der Waals surface area contributed by atoms with Crippen LogP contribution in [0.4, 0.5) is 22.9 Å². The molecule has 7 heteroatoms. The lowest BCUT2D eigenvalue weighted by Crippen LogP contribution is -2.48. The number of anilines is 4. The maximum absolute atomic E-state index is 13.9. The SMILES string of the molecule is COC1CCC(C(=O)N2Cc3cccnc3Nc3ccc(N4CCOC(C)(C)C4)cc32)CC1. The molecule has 1 amide bonds. The number of hydrogen-bond acceptors (Lipinski definition) is 6. The van der Waals surface area contributed by atoms with E-state index in [0.717, 1.165) is 67.2 Å². The Balaban J connectivity index is 1.49. The molecular formula is C26H34N4O3. The zero-order valence-corrected chi connectivity index (χ0v) is 19.8. The van der Waals surface area contributed by atoms with Gasteiger partial charge in [0.05, 0.1) is 36.2 Å². The highest BCUT2D eigenvalue weighted by molar-refractivity contribution is 6.00. The molecule has 2 aromatic rings. The highest BCUT2D eigenvalue weighted by Gasteiger charge is 2.34. The van der Waals surface area contributed by atoms with E-state index in [1.807, 2.05) is 11.0 Å². The molecule has 1 N–H and O–H groups in total. The first kappa shape index (κ1) is 22.2. The number of nitrogens with zero attached hydrogens (tertiary/aromatic N) is 3. The molecule has 2 fully saturated rings. The van der Waals surface area contributed by atoms with Gasteiger partial charge in [-0.05, 0) is 63.8 Å². The van der Waals surface area contributed by atoms with Crippen molar-refractivity contribution in [1.29, 1.82) is 0 Å². The normalized spacial score (nSPS) is 24.3. The summed E-state index contributed by atoms with van der Waals surface area (Å²) in [6.45, 7) is 7.12. The molecule has 3 aliphatic rings. The number of carbonyl (C=O) groups excluding carboxylic acids is 1. The predicted molar refractivity (Wildman–Crippen MR) is 130 cm³/mol. The average molecular weight is 451 g/mol. The van der Waals surface area contributed by atoms with Crippen LogP contribution in [0.1, 0.15) is 45.1 Å². The highest BCUT2D eigenvalue weighted by atomic mass is 16.5. The maximum atomic E-state index is 13.9. The molecule has 0 radical (unpaired) electrons. The van der Waals surface area contributed by atoms with Crippen LogP contribution < -0.4 is 15.1 Å². The summed E-state index contributed by atoms with van der Waals surface area (Å²) in [6.07, 6.45) is 5.68. The Morgan fingerprint density at radius 2 is 2.03 bits per heavy atom. The number of nitrogens with one attached hydrogen (secondary N) is 1. The largest absolute Gasteiger partial charge is 0.381 e. The van der Waals surface area contributed by atoms with E-state index in [4.69, 9.17) is 9.47 Å². The molecule has 0 atom stereocenters. The topological polar surface area (TPSA) is 66.9 Å². The van der Waals surface area contributed by atoms with E-state index in [-0.39, 0.29) is 23.5 Å². The molecule has 33 heavy (non-hydrogen) atoms. The summed E-state index contributed by atoms with van der Waals surface area (Å²) >= 11 is 0. The molecule has 1 saturated carbocycles. The first-order chi connectivity index (χ1) is 15.9. The van der Waals surface area contributed by atoms with Crippen LogP contribution in [-0.2, 0) is 20.8 Å². The summed E-state index contributed by atoms with van der Waals surface area (Å²) in [5.74, 6) is 1.04. The summed E-state index contributed by atoms with van der Waals surface area (Å²) < 4.78 is 11.4. The van der Waals surface area contributed by atoms with Gasteiger partial charge in [0.15, 0.2) is 0 Å². The Bertz CT molecular complexity index is 1020. The molecule has 7 nitrogen and oxygen atoms in total. The Morgan fingerprint density at radius 3 is 2.79 bits per heavy atom. The van der Waals surface area contributed by atoms with E-state index in [9.17, 15) is 4.79 Å². The van der Waals surface area contributed by atoms with Crippen LogP contribution >= 0.6 is 0 Å². The first-order valence-electron chi connectivity index (χ1n) is 12.0. The van der Waals surface area contributed by atoms with Gasteiger partial charge in [0, 0.05) is 43.6 Å². The van der Waals surface area contributed by atoms with Crippen LogP contribution in [0.25, 0.3) is 0 Å². The third kappa shape index (κ3) is 4.57. The summed E-state index contributed by atoms with van der Waals surface area (Å²) in [7, 11) is 1.77. The van der Waals surface area contributed by atoms with Gasteiger partial charge in [-0.2, -0.15) is 0 Å². The second kappa shape index (κ2) is 8.95. The van der Waals surface area contributed by atoms with Gasteiger partial charge in [-0.25, -0.2) is 4.98 Å². The van der Waals surface area contributed by atoms with Gasteiger partial charge in [0.25, 0.3) is 0 Å². The van der Waals surface area contributed by atoms with Crippen molar-refractivity contribution in [3.63, 3.8) is 0 Å². The van der Waals surface area contributed by atoms with Crippen molar-refractivity contribution in [2.24, 2.45) is 5.92 Å². The number of pyridine rings is 1. The summed E-state index contributed by atoms with van der Waals surface area (Å²) in [5, 5.41) is 3.49. The van der Waals surface area contributed by atoms with Gasteiger partial charge < -0.3 is 24.6 Å². The molecule has 0 bridgehead atoms. The molecule has 5 rings (SSSR count). The van der Waals surface area contributed by atoms with Crippen LogP contribution in [-0.4, -0.2) is 49.4 Å². The third-order valence-corrected chi connectivity index (χ3v) is 7.16. The van der Waals surface area contributed by atoms with Crippen molar-refractivity contribution >= 4 is 28.8 Å². The fraction of sp³-hybridized carbons (Fsp3) is 0.538. The lowest BCUT2D eigenvalue weighted by molar-refractivity contribution is -0.124. The zero-order chi connectivity index (χ0) is 23.0. The van der Waals surface area contributed by atoms with Crippen LogP contribution in [0.15, 0.2) is 36.5 Å². The Labute approximate surface area is 196 Å². The number of fused-ring (bicyclic) bond motifs is 2. The van der Waals surface area contributed by atoms with Gasteiger partial charge in [0.2, 0.25) is 5.91 Å². The number of morpholine rings is 1. The van der Waals surface area contributed by atoms with Gasteiger partial charge >= 0.3 is 0 Å². The first-order valence-corrected chi connectivity index (χ1v) is 12.0. The van der Waals surface area contributed by atoms with E-state index in [1.165, 1.54) is 0 Å². The van der Waals surface area contributed by atoms with Crippen molar-refractivity contribution in [1.82, 2.24) is 4.98 Å². The van der Waals surface area contributed by atoms with Gasteiger partial charge in [-0.1, -0.05) is 6.07 Å². The summed E-state index contributed by atoms with van der Waals surface area (Å²) in [4.78, 5) is 22.7. The quantitative estimate of drug-likeness (QED) is 0.743. The number of amides is 1. The Hall–Kier alpha value is -2.64. The van der Waals surface area contributed by atoms with Crippen molar-refractivity contribution in [3.8, 4) is 0 Å². The average Bonchev–Trinajstić information content (AvgIpc) is 2.99. The maximum Gasteiger partial charge on any atom is 0.230 e. The minimum absolute atomic E-state index is 0.0217. The van der Waals surface area contributed by atoms with E-state index < -0.39 is 0 Å². The molecule has 1 aromatic heterocycles. The van der Waals surface area contributed by atoms with Crippen molar-refractivity contribution in [3.05, 3.63) is 42.1 Å². The van der Waals surface area contributed by atoms with E-state index >= 15 is 0 Å². The molecule has 1 aromatic carbocycles. The number of methoxy groups -OCH3 is 1. The summed E-state index contributed by atoms with van der Waals surface area (Å²) in [5.41, 5.74) is 3.79. The molecule has 176 valence electrons. The van der Waals surface area contributed by atoms with Crippen LogP contribution in [0.2, 0.25) is 0 Å². The molecular weight excluding hydrogens is 416 g/mol. The number of aromatic nitrogens is 1. The van der Waals surface area contributed by atoms with E-state index in [0.29, 0.717) is 13.2 Å². The Morgan fingerprint density at radius 1 is 1.21 bits per heavy atom. The van der Waals surface area contributed by atoms with E-state index in [1.54, 1.807) is 13.3 Å². The molecule has 0 spiro atoms. The van der Waals surface area contributed by atoms with E-state index in [2.05, 4.69) is 53.3 Å². The minimum atomic E-state index is -0.195. The molecule has 2 aliphatic heterocycles.